The molecule has 1 amide bonds. The van der Waals surface area contributed by atoms with Crippen LogP contribution in [0.1, 0.15) is 18.1 Å². The zero-order valence-corrected chi connectivity index (χ0v) is 21.5. The second kappa shape index (κ2) is 11.6. The van der Waals surface area contributed by atoms with Gasteiger partial charge < -0.3 is 20.2 Å². The lowest BCUT2D eigenvalue weighted by atomic mass is 10.1. The van der Waals surface area contributed by atoms with Crippen LogP contribution in [0.5, 0.6) is 0 Å². The van der Waals surface area contributed by atoms with Crippen molar-refractivity contribution < 1.29 is 27.9 Å². The number of piperazine rings is 1. The first kappa shape index (κ1) is 27.7. The van der Waals surface area contributed by atoms with Gasteiger partial charge in [-0.1, -0.05) is 48.0 Å². The van der Waals surface area contributed by atoms with Crippen LogP contribution in [0, 0.1) is 6.92 Å². The van der Waals surface area contributed by atoms with Crippen molar-refractivity contribution in [2.24, 2.45) is 0 Å². The van der Waals surface area contributed by atoms with Gasteiger partial charge in [0.25, 0.3) is 0 Å². The second-order valence-electron chi connectivity index (χ2n) is 9.28. The number of alkyl halides is 3. The average molecular weight is 543 g/mol. The summed E-state index contributed by atoms with van der Waals surface area (Å²) >= 11 is 0. The number of carboxylic acids is 1. The lowest BCUT2D eigenvalue weighted by Gasteiger charge is -2.40. The van der Waals surface area contributed by atoms with Crippen molar-refractivity contribution in [3.8, 4) is 0 Å². The summed E-state index contributed by atoms with van der Waals surface area (Å²) in [6.07, 6.45) is -3.49. The molecular formula is C27H29F3N6O3. The molecule has 1 atom stereocenters. The number of aromatic nitrogens is 2. The minimum Gasteiger partial charge on any atom is -0.475 e. The highest BCUT2D eigenvalue weighted by Crippen LogP contribution is 2.38. The van der Waals surface area contributed by atoms with E-state index in [1.165, 1.54) is 11.3 Å². The fraction of sp³-hybridized carbons (Fsp3) is 0.333. The molecule has 1 unspecified atom stereocenters. The minimum atomic E-state index is -5.08. The van der Waals surface area contributed by atoms with Gasteiger partial charge in [-0.15, -0.1) is 0 Å². The molecule has 0 bridgehead atoms. The zero-order valence-electron chi connectivity index (χ0n) is 21.5. The Morgan fingerprint density at radius 1 is 1.00 bits per heavy atom. The fourth-order valence-electron chi connectivity index (χ4n) is 4.41. The molecule has 39 heavy (non-hydrogen) atoms. The van der Waals surface area contributed by atoms with E-state index >= 15 is 0 Å². The fourth-order valence-corrected chi connectivity index (χ4v) is 4.41. The molecule has 0 aliphatic carbocycles. The molecule has 0 saturated carbocycles. The van der Waals surface area contributed by atoms with Gasteiger partial charge in [0.2, 0.25) is 5.91 Å². The average Bonchev–Trinajstić information content (AvgIpc) is 2.92. The predicted octanol–water partition coefficient (Wildman–Crippen LogP) is 4.09. The molecule has 0 radical (unpaired) electrons. The molecule has 9 nitrogen and oxygen atoms in total. The molecule has 0 spiro atoms. The summed E-state index contributed by atoms with van der Waals surface area (Å²) in [5, 5.41) is 10.4. The van der Waals surface area contributed by atoms with Gasteiger partial charge >= 0.3 is 12.1 Å². The molecule has 3 aromatic rings. The third-order valence-electron chi connectivity index (χ3n) is 6.47. The van der Waals surface area contributed by atoms with Gasteiger partial charge in [-0.05, 0) is 31.5 Å². The van der Waals surface area contributed by atoms with Gasteiger partial charge in [0, 0.05) is 31.9 Å². The maximum Gasteiger partial charge on any atom is 0.490 e. The Morgan fingerprint density at radius 2 is 1.59 bits per heavy atom. The van der Waals surface area contributed by atoms with Crippen LogP contribution in [0.15, 0.2) is 60.9 Å². The minimum absolute atomic E-state index is 0.0389. The smallest absolute Gasteiger partial charge is 0.475 e. The summed E-state index contributed by atoms with van der Waals surface area (Å²) in [4.78, 5) is 37.7. The van der Waals surface area contributed by atoms with Crippen molar-refractivity contribution in [3.05, 3.63) is 72.1 Å². The first-order valence-corrected chi connectivity index (χ1v) is 12.4. The standard InChI is InChI=1S/C25H28N6O.C2HF3O2/c1-18-8-10-20(11-9-18)16-31-22-23(28-19(2)25(31)32)26-17-27-24(22)30-14-12-29(13-15-30)21-6-4-3-5-7-21;3-2(4,5)1(6)7/h3-11,17,19H,12-16H2,1-2H3,(H,26,27,28);(H,6,7). The largest absolute Gasteiger partial charge is 0.490 e. The Kier molecular flexibility index (Phi) is 8.22. The van der Waals surface area contributed by atoms with Crippen LogP contribution < -0.4 is 20.0 Å². The van der Waals surface area contributed by atoms with Crippen LogP contribution in [-0.4, -0.2) is 65.3 Å². The van der Waals surface area contributed by atoms with Crippen molar-refractivity contribution in [1.29, 1.82) is 0 Å². The number of carboxylic acid groups (broad SMARTS) is 1. The third kappa shape index (κ3) is 6.57. The summed E-state index contributed by atoms with van der Waals surface area (Å²) in [7, 11) is 0. The molecule has 1 fully saturated rings. The molecule has 2 aliphatic heterocycles. The topological polar surface area (TPSA) is 102 Å². The van der Waals surface area contributed by atoms with E-state index in [4.69, 9.17) is 9.90 Å². The van der Waals surface area contributed by atoms with Crippen LogP contribution in [0.25, 0.3) is 0 Å². The Balaban J connectivity index is 0.000000448. The normalized spacial score (nSPS) is 17.1. The highest BCUT2D eigenvalue weighted by Gasteiger charge is 2.38. The van der Waals surface area contributed by atoms with E-state index in [-0.39, 0.29) is 11.9 Å². The lowest BCUT2D eigenvalue weighted by Crippen LogP contribution is -2.49. The number of carbonyl (C=O) groups is 2. The number of aryl methyl sites for hydroxylation is 1. The zero-order chi connectivity index (χ0) is 28.2. The van der Waals surface area contributed by atoms with Gasteiger partial charge in [-0.3, -0.25) is 9.69 Å². The number of para-hydroxylation sites is 1. The number of amides is 1. The first-order valence-electron chi connectivity index (χ1n) is 12.4. The molecule has 1 aromatic heterocycles. The second-order valence-corrected chi connectivity index (χ2v) is 9.28. The van der Waals surface area contributed by atoms with Crippen LogP contribution in [-0.2, 0) is 16.1 Å². The molecular weight excluding hydrogens is 513 g/mol. The van der Waals surface area contributed by atoms with E-state index in [1.807, 2.05) is 17.9 Å². The van der Waals surface area contributed by atoms with Crippen molar-refractivity contribution in [3.63, 3.8) is 0 Å². The highest BCUT2D eigenvalue weighted by molar-refractivity contribution is 6.06. The van der Waals surface area contributed by atoms with Crippen molar-refractivity contribution in [2.45, 2.75) is 32.6 Å². The maximum atomic E-state index is 13.2. The summed E-state index contributed by atoms with van der Waals surface area (Å²) in [5.74, 6) is -1.17. The Bertz CT molecular complexity index is 1300. The molecule has 206 valence electrons. The van der Waals surface area contributed by atoms with E-state index in [0.717, 1.165) is 49.1 Å². The van der Waals surface area contributed by atoms with Crippen LogP contribution in [0.3, 0.4) is 0 Å². The van der Waals surface area contributed by atoms with Crippen molar-refractivity contribution >= 4 is 34.9 Å². The van der Waals surface area contributed by atoms with Gasteiger partial charge in [-0.2, -0.15) is 13.2 Å². The van der Waals surface area contributed by atoms with Crippen molar-refractivity contribution in [2.75, 3.05) is 46.2 Å². The number of carbonyl (C=O) groups excluding carboxylic acids is 1. The van der Waals surface area contributed by atoms with Gasteiger partial charge in [0.1, 0.15) is 18.1 Å². The SMILES string of the molecule is Cc1ccc(CN2C(=O)C(C)Nc3ncnc(N4CCN(c5ccccc5)CC4)c32)cc1.O=C(O)C(F)(F)F. The highest BCUT2D eigenvalue weighted by atomic mass is 19.4. The lowest BCUT2D eigenvalue weighted by molar-refractivity contribution is -0.192. The van der Waals surface area contributed by atoms with E-state index in [1.54, 1.807) is 6.33 Å². The number of anilines is 4. The van der Waals surface area contributed by atoms with E-state index in [9.17, 15) is 18.0 Å². The number of fused-ring (bicyclic) bond motifs is 1. The van der Waals surface area contributed by atoms with Gasteiger partial charge in [0.15, 0.2) is 11.6 Å². The first-order chi connectivity index (χ1) is 18.5. The predicted molar refractivity (Wildman–Crippen MR) is 142 cm³/mol. The number of halogens is 3. The quantitative estimate of drug-likeness (QED) is 0.509. The number of benzene rings is 2. The maximum absolute atomic E-state index is 13.2. The molecule has 3 heterocycles. The number of rotatable bonds is 4. The summed E-state index contributed by atoms with van der Waals surface area (Å²) in [5.41, 5.74) is 4.31. The Hall–Kier alpha value is -4.35. The molecule has 1 saturated heterocycles. The van der Waals surface area contributed by atoms with Gasteiger partial charge in [-0.25, -0.2) is 14.8 Å². The van der Waals surface area contributed by atoms with E-state index in [0.29, 0.717) is 6.54 Å². The van der Waals surface area contributed by atoms with Crippen molar-refractivity contribution in [1.82, 2.24) is 9.97 Å². The summed E-state index contributed by atoms with van der Waals surface area (Å²) in [6, 6.07) is 18.5. The number of nitrogens with one attached hydrogen (secondary N) is 1. The van der Waals surface area contributed by atoms with E-state index < -0.39 is 12.1 Å². The number of hydrogen-bond acceptors (Lipinski definition) is 7. The Morgan fingerprint density at radius 3 is 2.18 bits per heavy atom. The Labute approximate surface area is 223 Å². The van der Waals surface area contributed by atoms with Crippen LogP contribution in [0.2, 0.25) is 0 Å². The summed E-state index contributed by atoms with van der Waals surface area (Å²) in [6.45, 7) is 7.92. The monoisotopic (exact) mass is 542 g/mol. The molecule has 2 N–H and O–H groups in total. The summed E-state index contributed by atoms with van der Waals surface area (Å²) < 4.78 is 31.7. The molecule has 5 rings (SSSR count). The van der Waals surface area contributed by atoms with E-state index in [2.05, 4.69) is 80.5 Å². The molecule has 12 heteroatoms. The molecule has 2 aliphatic rings. The van der Waals surface area contributed by atoms with Crippen LogP contribution in [0.4, 0.5) is 36.2 Å². The molecule has 2 aromatic carbocycles. The third-order valence-corrected chi connectivity index (χ3v) is 6.47. The number of hydrogen-bond donors (Lipinski definition) is 2. The van der Waals surface area contributed by atoms with Crippen LogP contribution >= 0.6 is 0 Å². The number of aliphatic carboxylic acids is 1. The van der Waals surface area contributed by atoms with Gasteiger partial charge in [0.05, 0.1) is 6.54 Å². The number of nitrogens with zero attached hydrogens (tertiary/aromatic N) is 5.